The summed E-state index contributed by atoms with van der Waals surface area (Å²) in [5.41, 5.74) is 5.55. The smallest absolute Gasteiger partial charge is 0.00990 e. The zero-order valence-corrected chi connectivity index (χ0v) is 8.74. The fourth-order valence-electron chi connectivity index (χ4n) is 1.62. The summed E-state index contributed by atoms with van der Waals surface area (Å²) in [5.74, 6) is 0. The fraction of sp³-hybridized carbons (Fsp3) is 0. The molecule has 0 heterocycles. The first-order valence-electron chi connectivity index (χ1n) is 4.15. The highest BCUT2D eigenvalue weighted by atomic mass is 31.0. The van der Waals surface area contributed by atoms with Crippen molar-refractivity contribution in [2.75, 3.05) is 0 Å². The molecule has 0 saturated heterocycles. The third-order valence-electron chi connectivity index (χ3n) is 2.33. The molecule has 0 bridgehead atoms. The minimum Gasteiger partial charge on any atom is -0.153 e. The van der Waals surface area contributed by atoms with Crippen LogP contribution in [0.15, 0.2) is 48.5 Å². The van der Waals surface area contributed by atoms with Gasteiger partial charge in [0.25, 0.3) is 0 Å². The molecule has 0 spiro atoms. The fourth-order valence-corrected chi connectivity index (χ4v) is 1.62. The van der Waals surface area contributed by atoms with Crippen molar-refractivity contribution in [3.63, 3.8) is 0 Å². The summed E-state index contributed by atoms with van der Waals surface area (Å²) in [5, 5.41) is 0. The summed E-state index contributed by atoms with van der Waals surface area (Å²) in [6, 6.07) is 17.1. The first-order valence-corrected chi connectivity index (χ1v) is 4.15. The quantitative estimate of drug-likeness (QED) is 0.511. The van der Waals surface area contributed by atoms with E-state index in [1.807, 2.05) is 0 Å². The molecule has 0 aliphatic heterocycles. The zero-order valence-electron chi connectivity index (χ0n) is 7.33. The number of hydrogen-bond acceptors (Lipinski definition) is 0. The number of fused-ring (bicyclic) bond motifs is 1. The molecular formula is C12H11P. The number of rotatable bonds is 1. The molecule has 13 heavy (non-hydrogen) atoms. The van der Waals surface area contributed by atoms with Crippen LogP contribution in [-0.2, 0) is 0 Å². The lowest BCUT2D eigenvalue weighted by Crippen LogP contribution is -1.70. The molecule has 2 aliphatic carbocycles. The van der Waals surface area contributed by atoms with E-state index < -0.39 is 0 Å². The summed E-state index contributed by atoms with van der Waals surface area (Å²) in [6.45, 7) is 0. The van der Waals surface area contributed by atoms with Crippen LogP contribution in [0.2, 0.25) is 0 Å². The molecule has 64 valence electrons. The lowest BCUT2D eigenvalue weighted by Gasteiger charge is -1.95. The lowest BCUT2D eigenvalue weighted by atomic mass is 10.1. The zero-order chi connectivity index (χ0) is 7.97. The molecule has 0 N–H and O–H groups in total. The van der Waals surface area contributed by atoms with Crippen molar-refractivity contribution in [3.8, 4) is 22.3 Å². The van der Waals surface area contributed by atoms with Gasteiger partial charge in [-0.25, -0.2) is 0 Å². The van der Waals surface area contributed by atoms with Gasteiger partial charge in [-0.1, -0.05) is 42.5 Å². The molecule has 1 aromatic rings. The largest absolute Gasteiger partial charge is 0.153 e. The first kappa shape index (κ1) is 8.47. The van der Waals surface area contributed by atoms with E-state index in [1.54, 1.807) is 0 Å². The topological polar surface area (TPSA) is 0 Å². The Hall–Kier alpha value is -1.13. The number of hydrogen-bond donors (Lipinski definition) is 0. The summed E-state index contributed by atoms with van der Waals surface area (Å²) >= 11 is 0. The van der Waals surface area contributed by atoms with Crippen LogP contribution >= 0.6 is 9.90 Å². The average molecular weight is 186 g/mol. The lowest BCUT2D eigenvalue weighted by molar-refractivity contribution is 1.68. The molecule has 1 unspecified atom stereocenters. The van der Waals surface area contributed by atoms with E-state index in [4.69, 9.17) is 0 Å². The van der Waals surface area contributed by atoms with E-state index >= 15 is 0 Å². The van der Waals surface area contributed by atoms with Crippen molar-refractivity contribution in [1.82, 2.24) is 0 Å². The van der Waals surface area contributed by atoms with Crippen LogP contribution < -0.4 is 0 Å². The Labute approximate surface area is 81.2 Å². The highest BCUT2D eigenvalue weighted by Crippen LogP contribution is 2.43. The highest BCUT2D eigenvalue weighted by molar-refractivity contribution is 6.92. The molecule has 3 rings (SSSR count). The van der Waals surface area contributed by atoms with E-state index in [0.717, 1.165) is 0 Å². The Morgan fingerprint density at radius 1 is 0.615 bits per heavy atom. The third kappa shape index (κ3) is 1.28. The van der Waals surface area contributed by atoms with E-state index in [2.05, 4.69) is 48.5 Å². The van der Waals surface area contributed by atoms with Crippen LogP contribution in [-0.4, -0.2) is 0 Å². The maximum Gasteiger partial charge on any atom is -0.00990 e. The Morgan fingerprint density at radius 2 is 1.38 bits per heavy atom. The van der Waals surface area contributed by atoms with Crippen LogP contribution in [0.1, 0.15) is 0 Å². The van der Waals surface area contributed by atoms with E-state index in [-0.39, 0.29) is 9.90 Å². The molecule has 1 aromatic carbocycles. The second kappa shape index (κ2) is 2.97. The SMILES string of the molecule is P.c1ccc(-c2ccc3cc2-3)cc1. The van der Waals surface area contributed by atoms with Gasteiger partial charge in [-0.3, -0.25) is 0 Å². The first-order chi connectivity index (χ1) is 5.95. The molecule has 0 saturated carbocycles. The molecule has 0 radical (unpaired) electrons. The normalized spacial score (nSPS) is 10.5. The molecule has 0 nitrogen and oxygen atoms in total. The maximum absolute atomic E-state index is 2.22. The van der Waals surface area contributed by atoms with E-state index in [9.17, 15) is 0 Å². The Morgan fingerprint density at radius 3 is 1.92 bits per heavy atom. The second-order valence-electron chi connectivity index (χ2n) is 3.13. The van der Waals surface area contributed by atoms with Gasteiger partial charge < -0.3 is 0 Å². The van der Waals surface area contributed by atoms with Crippen molar-refractivity contribution >= 4 is 9.90 Å². The standard InChI is InChI=1S/C12H8.H3P/c1-2-4-9(5-3-1)11-7-6-10-8-12(10)11;/h1-8H;1H3. The van der Waals surface area contributed by atoms with Crippen LogP contribution in [0.25, 0.3) is 22.3 Å². The predicted octanol–water partition coefficient (Wildman–Crippen LogP) is 3.39. The van der Waals surface area contributed by atoms with Gasteiger partial charge in [-0.2, -0.15) is 9.90 Å². The van der Waals surface area contributed by atoms with Crippen LogP contribution in [0.3, 0.4) is 0 Å². The Kier molecular flexibility index (Phi) is 1.94. The van der Waals surface area contributed by atoms with E-state index in [1.165, 1.54) is 22.3 Å². The van der Waals surface area contributed by atoms with Gasteiger partial charge >= 0.3 is 0 Å². The van der Waals surface area contributed by atoms with Crippen molar-refractivity contribution in [2.24, 2.45) is 0 Å². The molecule has 2 aliphatic rings. The van der Waals surface area contributed by atoms with Crippen molar-refractivity contribution in [1.29, 1.82) is 0 Å². The highest BCUT2D eigenvalue weighted by Gasteiger charge is 2.17. The molecule has 0 aromatic heterocycles. The van der Waals surface area contributed by atoms with Gasteiger partial charge in [-0.05, 0) is 28.3 Å². The monoisotopic (exact) mass is 186 g/mol. The summed E-state index contributed by atoms with van der Waals surface area (Å²) in [7, 11) is 0. The van der Waals surface area contributed by atoms with Gasteiger partial charge in [-0.15, -0.1) is 0 Å². The van der Waals surface area contributed by atoms with Gasteiger partial charge in [0.05, 0.1) is 0 Å². The molecule has 1 atom stereocenters. The minimum absolute atomic E-state index is 0. The molecule has 0 fully saturated rings. The summed E-state index contributed by atoms with van der Waals surface area (Å²) in [6.07, 6.45) is 0. The van der Waals surface area contributed by atoms with Gasteiger partial charge in [0.15, 0.2) is 0 Å². The molecule has 1 heteroatoms. The molecular weight excluding hydrogens is 175 g/mol. The van der Waals surface area contributed by atoms with Crippen molar-refractivity contribution in [3.05, 3.63) is 48.5 Å². The van der Waals surface area contributed by atoms with Crippen LogP contribution in [0, 0.1) is 0 Å². The minimum atomic E-state index is 0. The summed E-state index contributed by atoms with van der Waals surface area (Å²) < 4.78 is 0. The Bertz CT molecular complexity index is 432. The average Bonchev–Trinajstić information content (AvgIpc) is 2.80. The third-order valence-corrected chi connectivity index (χ3v) is 2.33. The summed E-state index contributed by atoms with van der Waals surface area (Å²) in [4.78, 5) is 0. The van der Waals surface area contributed by atoms with Gasteiger partial charge in [0.1, 0.15) is 0 Å². The van der Waals surface area contributed by atoms with Crippen molar-refractivity contribution in [2.45, 2.75) is 0 Å². The van der Waals surface area contributed by atoms with Gasteiger partial charge in [0, 0.05) is 0 Å². The second-order valence-corrected chi connectivity index (χ2v) is 3.13. The van der Waals surface area contributed by atoms with Crippen molar-refractivity contribution < 1.29 is 0 Å². The van der Waals surface area contributed by atoms with Gasteiger partial charge in [0.2, 0.25) is 0 Å². The number of benzene rings is 2. The predicted molar refractivity (Wildman–Crippen MR) is 62.0 cm³/mol. The Balaban J connectivity index is 0.000000653. The maximum atomic E-state index is 2.22. The van der Waals surface area contributed by atoms with E-state index in [0.29, 0.717) is 0 Å². The van der Waals surface area contributed by atoms with Crippen LogP contribution in [0.4, 0.5) is 0 Å². The molecule has 0 amide bonds. The van der Waals surface area contributed by atoms with Crippen LogP contribution in [0.5, 0.6) is 0 Å².